The molecule has 0 unspecified atom stereocenters. The summed E-state index contributed by atoms with van der Waals surface area (Å²) in [6.07, 6.45) is 5.12. The molecule has 0 bridgehead atoms. The van der Waals surface area contributed by atoms with E-state index in [2.05, 4.69) is 34.6 Å². The fourth-order valence-electron chi connectivity index (χ4n) is 2.84. The number of nitrogens with zero attached hydrogens (tertiary/aromatic N) is 2. The van der Waals surface area contributed by atoms with Gasteiger partial charge in [-0.25, -0.2) is 0 Å². The fourth-order valence-corrected chi connectivity index (χ4v) is 3.63. The van der Waals surface area contributed by atoms with E-state index in [1.807, 2.05) is 42.5 Å². The van der Waals surface area contributed by atoms with E-state index in [1.54, 1.807) is 0 Å². The van der Waals surface area contributed by atoms with Gasteiger partial charge in [0.2, 0.25) is 5.13 Å². The predicted octanol–water partition coefficient (Wildman–Crippen LogP) is 4.88. The maximum Gasteiger partial charge on any atom is 0.264 e. The number of ether oxygens (including phenoxy) is 1. The highest BCUT2D eigenvalue weighted by molar-refractivity contribution is 7.15. The van der Waals surface area contributed by atoms with Crippen molar-refractivity contribution in [2.24, 2.45) is 0 Å². The average Bonchev–Trinajstić information content (AvgIpc) is 3.15. The molecule has 0 atom stereocenters. The molecule has 0 aliphatic rings. The molecule has 28 heavy (non-hydrogen) atoms. The monoisotopic (exact) mass is 395 g/mol. The molecule has 2 aromatic carbocycles. The van der Waals surface area contributed by atoms with Crippen molar-refractivity contribution in [3.63, 3.8) is 0 Å². The highest BCUT2D eigenvalue weighted by Crippen LogP contribution is 2.22. The van der Waals surface area contributed by atoms with Gasteiger partial charge < -0.3 is 4.74 Å². The van der Waals surface area contributed by atoms with E-state index in [-0.39, 0.29) is 12.5 Å². The Morgan fingerprint density at radius 2 is 1.82 bits per heavy atom. The molecule has 5 nitrogen and oxygen atoms in total. The number of anilines is 1. The van der Waals surface area contributed by atoms with Gasteiger partial charge in [-0.2, -0.15) is 0 Å². The second kappa shape index (κ2) is 10.6. The first kappa shape index (κ1) is 20.0. The highest BCUT2D eigenvalue weighted by atomic mass is 32.1. The van der Waals surface area contributed by atoms with Crippen molar-refractivity contribution < 1.29 is 9.53 Å². The number of nitrogens with one attached hydrogen (secondary N) is 1. The molecule has 6 heteroatoms. The Labute approximate surface area is 169 Å². The van der Waals surface area contributed by atoms with Crippen LogP contribution >= 0.6 is 11.3 Å². The van der Waals surface area contributed by atoms with E-state index in [1.165, 1.54) is 29.7 Å². The van der Waals surface area contributed by atoms with Crippen molar-refractivity contribution in [3.8, 4) is 5.75 Å². The molecule has 1 N–H and O–H groups in total. The zero-order valence-electron chi connectivity index (χ0n) is 16.1. The number of hydrogen-bond acceptors (Lipinski definition) is 5. The van der Waals surface area contributed by atoms with Crippen molar-refractivity contribution in [3.05, 3.63) is 70.7 Å². The van der Waals surface area contributed by atoms with E-state index < -0.39 is 0 Å². The average molecular weight is 396 g/mol. The van der Waals surface area contributed by atoms with Crippen LogP contribution in [0, 0.1) is 0 Å². The van der Waals surface area contributed by atoms with Gasteiger partial charge in [-0.1, -0.05) is 79.6 Å². The van der Waals surface area contributed by atoms with Crippen LogP contribution in [-0.2, 0) is 17.6 Å². The normalized spacial score (nSPS) is 10.6. The molecule has 0 fully saturated rings. The lowest BCUT2D eigenvalue weighted by Gasteiger charge is -2.11. The summed E-state index contributed by atoms with van der Waals surface area (Å²) in [5.41, 5.74) is 2.25. The second-order valence-corrected chi connectivity index (χ2v) is 7.63. The van der Waals surface area contributed by atoms with Gasteiger partial charge in [-0.3, -0.25) is 10.1 Å². The zero-order chi connectivity index (χ0) is 19.6. The molecule has 0 saturated carbocycles. The lowest BCUT2D eigenvalue weighted by Crippen LogP contribution is -2.20. The quantitative estimate of drug-likeness (QED) is 0.497. The minimum Gasteiger partial charge on any atom is -0.483 e. The lowest BCUT2D eigenvalue weighted by atomic mass is 10.0. The van der Waals surface area contributed by atoms with Crippen LogP contribution in [0.5, 0.6) is 5.75 Å². The topological polar surface area (TPSA) is 64.1 Å². The Hall–Kier alpha value is -2.73. The van der Waals surface area contributed by atoms with Gasteiger partial charge in [0.1, 0.15) is 10.8 Å². The number of para-hydroxylation sites is 1. The van der Waals surface area contributed by atoms with E-state index in [4.69, 9.17) is 4.74 Å². The first-order chi connectivity index (χ1) is 13.7. The summed E-state index contributed by atoms with van der Waals surface area (Å²) in [7, 11) is 0. The van der Waals surface area contributed by atoms with Crippen molar-refractivity contribution in [1.29, 1.82) is 0 Å². The van der Waals surface area contributed by atoms with Gasteiger partial charge in [0.25, 0.3) is 5.91 Å². The number of benzene rings is 2. The predicted molar refractivity (Wildman–Crippen MR) is 113 cm³/mol. The third kappa shape index (κ3) is 6.16. The van der Waals surface area contributed by atoms with Gasteiger partial charge in [0, 0.05) is 12.8 Å². The Morgan fingerprint density at radius 3 is 2.64 bits per heavy atom. The van der Waals surface area contributed by atoms with Crippen LogP contribution in [0.15, 0.2) is 54.6 Å². The summed E-state index contributed by atoms with van der Waals surface area (Å²) in [6.45, 7) is 2.11. The number of carbonyl (C=O) groups is 1. The van der Waals surface area contributed by atoms with Crippen molar-refractivity contribution in [2.45, 2.75) is 39.0 Å². The minimum absolute atomic E-state index is 0.0590. The SMILES string of the molecule is CCCCCc1nnc(NC(=O)COc2ccccc2Cc2ccccc2)s1. The third-order valence-corrected chi connectivity index (χ3v) is 5.17. The molecule has 3 rings (SSSR count). The summed E-state index contributed by atoms with van der Waals surface area (Å²) in [6, 6.07) is 18.0. The molecule has 0 aliphatic heterocycles. The number of rotatable bonds is 10. The van der Waals surface area contributed by atoms with E-state index in [0.717, 1.165) is 35.6 Å². The molecule has 1 heterocycles. The largest absolute Gasteiger partial charge is 0.483 e. The lowest BCUT2D eigenvalue weighted by molar-refractivity contribution is -0.118. The first-order valence-corrected chi connectivity index (χ1v) is 10.4. The summed E-state index contributed by atoms with van der Waals surface area (Å²) in [5, 5.41) is 12.4. The van der Waals surface area contributed by atoms with Gasteiger partial charge in [0.15, 0.2) is 6.61 Å². The Bertz CT molecular complexity index is 880. The summed E-state index contributed by atoms with van der Waals surface area (Å²) >= 11 is 1.43. The van der Waals surface area contributed by atoms with Crippen LogP contribution in [0.3, 0.4) is 0 Å². The highest BCUT2D eigenvalue weighted by Gasteiger charge is 2.10. The fraction of sp³-hybridized carbons (Fsp3) is 0.318. The summed E-state index contributed by atoms with van der Waals surface area (Å²) < 4.78 is 5.77. The Balaban J connectivity index is 1.52. The Kier molecular flexibility index (Phi) is 7.55. The standard InChI is InChI=1S/C22H25N3O2S/c1-2-3-5-14-21-24-25-22(28-21)23-20(26)16-27-19-13-9-8-12-18(19)15-17-10-6-4-7-11-17/h4,6-13H,2-3,5,14-16H2,1H3,(H,23,25,26). The van der Waals surface area contributed by atoms with E-state index in [9.17, 15) is 4.79 Å². The molecular weight excluding hydrogens is 370 g/mol. The zero-order valence-corrected chi connectivity index (χ0v) is 16.9. The summed E-state index contributed by atoms with van der Waals surface area (Å²) in [4.78, 5) is 12.2. The van der Waals surface area contributed by atoms with Crippen LogP contribution in [0.2, 0.25) is 0 Å². The number of hydrogen-bond donors (Lipinski definition) is 1. The van der Waals surface area contributed by atoms with Gasteiger partial charge in [0.05, 0.1) is 0 Å². The molecule has 3 aromatic rings. The van der Waals surface area contributed by atoms with Crippen molar-refractivity contribution in [1.82, 2.24) is 10.2 Å². The molecule has 0 saturated heterocycles. The van der Waals surface area contributed by atoms with Crippen LogP contribution in [-0.4, -0.2) is 22.7 Å². The molecule has 1 amide bonds. The van der Waals surface area contributed by atoms with E-state index in [0.29, 0.717) is 5.13 Å². The van der Waals surface area contributed by atoms with Gasteiger partial charge in [-0.05, 0) is 23.6 Å². The van der Waals surface area contributed by atoms with Crippen LogP contribution in [0.4, 0.5) is 5.13 Å². The van der Waals surface area contributed by atoms with Crippen LogP contribution in [0.1, 0.15) is 42.3 Å². The number of amides is 1. The number of aryl methyl sites for hydroxylation is 1. The van der Waals surface area contributed by atoms with Crippen LogP contribution < -0.4 is 10.1 Å². The molecule has 1 aromatic heterocycles. The van der Waals surface area contributed by atoms with Crippen molar-refractivity contribution >= 4 is 22.4 Å². The van der Waals surface area contributed by atoms with Gasteiger partial charge >= 0.3 is 0 Å². The third-order valence-electron chi connectivity index (χ3n) is 4.28. The van der Waals surface area contributed by atoms with Gasteiger partial charge in [-0.15, -0.1) is 10.2 Å². The second-order valence-electron chi connectivity index (χ2n) is 6.57. The molecule has 146 valence electrons. The smallest absolute Gasteiger partial charge is 0.264 e. The molecule has 0 radical (unpaired) electrons. The molecule has 0 spiro atoms. The van der Waals surface area contributed by atoms with Crippen molar-refractivity contribution in [2.75, 3.05) is 11.9 Å². The number of carbonyl (C=O) groups excluding carboxylic acids is 1. The minimum atomic E-state index is -0.231. The van der Waals surface area contributed by atoms with Crippen LogP contribution in [0.25, 0.3) is 0 Å². The number of aromatic nitrogens is 2. The van der Waals surface area contributed by atoms with E-state index >= 15 is 0 Å². The summed E-state index contributed by atoms with van der Waals surface area (Å²) in [5.74, 6) is 0.491. The maximum atomic E-state index is 12.2. The maximum absolute atomic E-state index is 12.2. The molecular formula is C22H25N3O2S. The number of unbranched alkanes of at least 4 members (excludes halogenated alkanes) is 2. The Morgan fingerprint density at radius 1 is 1.04 bits per heavy atom. The molecule has 0 aliphatic carbocycles. The first-order valence-electron chi connectivity index (χ1n) is 9.61.